The Balaban J connectivity index is -0.0000000171. The van der Waals surface area contributed by atoms with Crippen LogP contribution < -0.4 is 169 Å². The van der Waals surface area contributed by atoms with Crippen LogP contribution in [0.25, 0.3) is 0 Å². The Kier molecular flexibility index (Phi) is 62.5. The molecule has 0 unspecified atom stereocenters. The van der Waals surface area contributed by atoms with E-state index in [9.17, 15) is 0 Å². The van der Waals surface area contributed by atoms with E-state index in [0.717, 1.165) is 6.92 Å². The molecule has 0 N–H and O–H groups in total. The first kappa shape index (κ1) is 29.3. The number of rotatable bonds is 0. The maximum atomic E-state index is 8.89. The van der Waals surface area contributed by atoms with Crippen molar-refractivity contribution >= 4 is 12.1 Å². The molecule has 0 fully saturated rings. The summed E-state index contributed by atoms with van der Waals surface area (Å²) in [7, 11) is 0. The van der Waals surface area contributed by atoms with Gasteiger partial charge in [-0.1, -0.05) is 0 Å². The van der Waals surface area contributed by atoms with Crippen LogP contribution in [0.4, 0.5) is 4.79 Å². The summed E-state index contributed by atoms with van der Waals surface area (Å²) in [6.07, 6.45) is -2.33. The zero-order valence-corrected chi connectivity index (χ0v) is 16.4. The number of hydrogen-bond donors (Lipinski definition) is 0. The topological polar surface area (TPSA) is 103 Å². The summed E-state index contributed by atoms with van der Waals surface area (Å²) in [5.41, 5.74) is 0. The Morgan fingerprint density at radius 3 is 0.909 bits per heavy atom. The Morgan fingerprint density at radius 2 is 0.909 bits per heavy atom. The zero-order valence-electron chi connectivity index (χ0n) is 7.04. The van der Waals surface area contributed by atoms with E-state index in [4.69, 9.17) is 24.9 Å². The molecular weight excluding hydrogens is 233 g/mol. The van der Waals surface area contributed by atoms with Gasteiger partial charge in [0.15, 0.2) is 0 Å². The molecule has 0 radical (unpaired) electrons. The molecular formula is C3H3K3O5. The standard InChI is InChI=1S/C2H4O2.CH2O3.3K/c1-2(3)4;2-1(3)4;;;/h1H3,(H,3,4);(H2,2,3,4);;;/q;;3*+1/p-3. The van der Waals surface area contributed by atoms with E-state index in [1.54, 1.807) is 0 Å². The molecule has 0 aliphatic carbocycles. The largest absolute Gasteiger partial charge is 1.00 e. The van der Waals surface area contributed by atoms with Gasteiger partial charge in [0.05, 0.1) is 0 Å². The van der Waals surface area contributed by atoms with Crippen LogP contribution in [0.2, 0.25) is 0 Å². The molecule has 0 amide bonds. The Bertz CT molecular complexity index is 75.0. The van der Waals surface area contributed by atoms with Gasteiger partial charge in [0, 0.05) is 5.97 Å². The molecule has 0 aliphatic heterocycles. The SMILES string of the molecule is CC(=O)[O-].O=C([O-])[O-].[K+].[K+].[K+]. The molecule has 0 aliphatic rings. The van der Waals surface area contributed by atoms with Crippen molar-refractivity contribution in [2.24, 2.45) is 0 Å². The molecule has 0 aromatic heterocycles. The van der Waals surface area contributed by atoms with Crippen LogP contribution in [-0.4, -0.2) is 12.1 Å². The second kappa shape index (κ2) is 23.5. The predicted octanol–water partition coefficient (Wildman–Crippen LogP) is -12.7. The normalized spacial score (nSPS) is 4.45. The Morgan fingerprint density at radius 1 is 0.909 bits per heavy atom. The van der Waals surface area contributed by atoms with Crippen molar-refractivity contribution in [3.8, 4) is 0 Å². The van der Waals surface area contributed by atoms with Gasteiger partial charge in [-0.3, -0.25) is 0 Å². The molecule has 0 saturated heterocycles. The minimum absolute atomic E-state index is 0. The first-order chi connectivity index (χ1) is 3.46. The quantitative estimate of drug-likeness (QED) is 0.388. The molecule has 0 bridgehead atoms. The molecule has 0 rings (SSSR count). The van der Waals surface area contributed by atoms with Crippen LogP contribution in [-0.2, 0) is 4.79 Å². The van der Waals surface area contributed by atoms with Gasteiger partial charge in [0.2, 0.25) is 0 Å². The second-order valence-corrected chi connectivity index (χ2v) is 0.742. The smallest absolute Gasteiger partial charge is 0.652 e. The minimum Gasteiger partial charge on any atom is -0.652 e. The average Bonchev–Trinajstić information content (AvgIpc) is 1.25. The molecule has 11 heavy (non-hydrogen) atoms. The molecule has 0 atom stereocenters. The van der Waals surface area contributed by atoms with Gasteiger partial charge in [-0.2, -0.15) is 0 Å². The van der Waals surface area contributed by atoms with Gasteiger partial charge in [0.25, 0.3) is 0 Å². The Labute approximate surface area is 192 Å². The van der Waals surface area contributed by atoms with Crippen molar-refractivity contribution in [1.29, 1.82) is 0 Å². The van der Waals surface area contributed by atoms with Crippen molar-refractivity contribution in [2.45, 2.75) is 6.92 Å². The van der Waals surface area contributed by atoms with Gasteiger partial charge in [-0.25, -0.2) is 0 Å². The third kappa shape index (κ3) is 139. The average molecular weight is 236 g/mol. The van der Waals surface area contributed by atoms with Gasteiger partial charge in [-0.15, -0.1) is 0 Å². The van der Waals surface area contributed by atoms with Gasteiger partial charge in [0.1, 0.15) is 0 Å². The number of carbonyl (C=O) groups excluding carboxylic acids is 2. The van der Waals surface area contributed by atoms with E-state index >= 15 is 0 Å². The number of carbonyl (C=O) groups is 2. The third-order valence-corrected chi connectivity index (χ3v) is 0. The fraction of sp³-hybridized carbons (Fsp3) is 0.333. The van der Waals surface area contributed by atoms with Crippen LogP contribution in [0.1, 0.15) is 6.92 Å². The summed E-state index contributed by atoms with van der Waals surface area (Å²) < 4.78 is 0. The van der Waals surface area contributed by atoms with Crippen LogP contribution in [0, 0.1) is 0 Å². The minimum atomic E-state index is -2.33. The van der Waals surface area contributed by atoms with Crippen molar-refractivity contribution in [3.05, 3.63) is 0 Å². The molecule has 0 aromatic rings. The number of hydrogen-bond acceptors (Lipinski definition) is 5. The van der Waals surface area contributed by atoms with E-state index in [-0.39, 0.29) is 154 Å². The van der Waals surface area contributed by atoms with Crippen molar-refractivity contribution < 1.29 is 179 Å². The molecule has 48 valence electrons. The fourth-order valence-corrected chi connectivity index (χ4v) is 0. The van der Waals surface area contributed by atoms with E-state index < -0.39 is 12.1 Å². The first-order valence-electron chi connectivity index (χ1n) is 1.52. The predicted molar refractivity (Wildman–Crippen MR) is 16.1 cm³/mol. The summed E-state index contributed by atoms with van der Waals surface area (Å²) >= 11 is 0. The zero-order chi connectivity index (χ0) is 7.15. The van der Waals surface area contributed by atoms with E-state index in [0.29, 0.717) is 0 Å². The summed E-state index contributed by atoms with van der Waals surface area (Å²) in [6.45, 7) is 0.972. The summed E-state index contributed by atoms with van der Waals surface area (Å²) in [5, 5.41) is 25.6. The molecule has 5 nitrogen and oxygen atoms in total. The van der Waals surface area contributed by atoms with Crippen LogP contribution in [0.5, 0.6) is 0 Å². The third-order valence-electron chi connectivity index (χ3n) is 0. The number of carboxylic acid groups (broad SMARTS) is 3. The van der Waals surface area contributed by atoms with Gasteiger partial charge < -0.3 is 24.9 Å². The number of aliphatic carboxylic acids is 1. The fourth-order valence-electron chi connectivity index (χ4n) is 0. The van der Waals surface area contributed by atoms with Gasteiger partial charge >= 0.3 is 154 Å². The molecule has 0 saturated carbocycles. The summed E-state index contributed by atoms with van der Waals surface area (Å²) in [4.78, 5) is 17.2. The van der Waals surface area contributed by atoms with E-state index in [1.807, 2.05) is 0 Å². The van der Waals surface area contributed by atoms with Crippen LogP contribution in [0.3, 0.4) is 0 Å². The van der Waals surface area contributed by atoms with Crippen LogP contribution >= 0.6 is 0 Å². The molecule has 0 aromatic carbocycles. The summed E-state index contributed by atoms with van der Waals surface area (Å²) in [5.74, 6) is -1.08. The monoisotopic (exact) mass is 236 g/mol. The van der Waals surface area contributed by atoms with Crippen molar-refractivity contribution in [1.82, 2.24) is 0 Å². The molecule has 0 heterocycles. The van der Waals surface area contributed by atoms with E-state index in [2.05, 4.69) is 0 Å². The first-order valence-corrected chi connectivity index (χ1v) is 1.52. The number of carboxylic acids is 1. The second-order valence-electron chi connectivity index (χ2n) is 0.742. The van der Waals surface area contributed by atoms with Crippen LogP contribution in [0.15, 0.2) is 0 Å². The van der Waals surface area contributed by atoms with Crippen molar-refractivity contribution in [2.75, 3.05) is 0 Å². The summed E-state index contributed by atoms with van der Waals surface area (Å²) in [6, 6.07) is 0. The molecule has 0 spiro atoms. The maximum absolute atomic E-state index is 8.89. The Hall–Kier alpha value is 3.65. The van der Waals surface area contributed by atoms with Gasteiger partial charge in [-0.05, 0) is 13.1 Å². The van der Waals surface area contributed by atoms with Crippen molar-refractivity contribution in [3.63, 3.8) is 0 Å². The molecule has 8 heteroatoms. The maximum Gasteiger partial charge on any atom is 1.00 e. The van der Waals surface area contributed by atoms with E-state index in [1.165, 1.54) is 0 Å².